The summed E-state index contributed by atoms with van der Waals surface area (Å²) < 4.78 is 0. The summed E-state index contributed by atoms with van der Waals surface area (Å²) in [5.41, 5.74) is 0.259. The topological polar surface area (TPSA) is 66.9 Å². The van der Waals surface area contributed by atoms with Crippen molar-refractivity contribution in [3.05, 3.63) is 18.1 Å². The van der Waals surface area contributed by atoms with Crippen LogP contribution >= 0.6 is 0 Å². The van der Waals surface area contributed by atoms with Crippen molar-refractivity contribution in [2.75, 3.05) is 5.32 Å². The minimum atomic E-state index is -0.199. The molecule has 5 heteroatoms. The second-order valence-corrected chi connectivity index (χ2v) is 5.29. The first-order chi connectivity index (χ1) is 7.78. The van der Waals surface area contributed by atoms with Crippen molar-refractivity contribution in [1.82, 2.24) is 15.3 Å². The van der Waals surface area contributed by atoms with E-state index in [0.29, 0.717) is 11.5 Å². The molecule has 17 heavy (non-hydrogen) atoms. The first-order valence-corrected chi connectivity index (χ1v) is 5.69. The Morgan fingerprint density at radius 2 is 1.88 bits per heavy atom. The van der Waals surface area contributed by atoms with Gasteiger partial charge in [-0.05, 0) is 34.6 Å². The molecule has 1 heterocycles. The third-order valence-electron chi connectivity index (χ3n) is 1.81. The molecule has 0 aliphatic heterocycles. The molecule has 0 atom stereocenters. The Morgan fingerprint density at radius 3 is 2.29 bits per heavy atom. The summed E-state index contributed by atoms with van der Waals surface area (Å²) >= 11 is 0. The molecule has 0 aliphatic rings. The van der Waals surface area contributed by atoms with Gasteiger partial charge in [0.15, 0.2) is 0 Å². The van der Waals surface area contributed by atoms with Crippen LogP contribution in [0.4, 0.5) is 5.82 Å². The van der Waals surface area contributed by atoms with Crippen LogP contribution in [-0.4, -0.2) is 27.5 Å². The largest absolute Gasteiger partial charge is 0.364 e. The highest BCUT2D eigenvalue weighted by Gasteiger charge is 2.12. The highest BCUT2D eigenvalue weighted by Crippen LogP contribution is 2.10. The lowest BCUT2D eigenvalue weighted by Gasteiger charge is -2.20. The molecule has 1 amide bonds. The molecule has 0 aliphatic carbocycles. The third kappa shape index (κ3) is 4.80. The SMILES string of the molecule is CC(C)NC(=O)c1cnc(NC(C)(C)C)cn1. The van der Waals surface area contributed by atoms with Gasteiger partial charge in [0.2, 0.25) is 0 Å². The van der Waals surface area contributed by atoms with Gasteiger partial charge >= 0.3 is 0 Å². The van der Waals surface area contributed by atoms with E-state index in [1.807, 2.05) is 34.6 Å². The molecular weight excluding hydrogens is 216 g/mol. The van der Waals surface area contributed by atoms with Gasteiger partial charge in [0.25, 0.3) is 5.91 Å². The van der Waals surface area contributed by atoms with Gasteiger partial charge in [0, 0.05) is 11.6 Å². The normalized spacial score (nSPS) is 11.4. The standard InChI is InChI=1S/C12H20N4O/c1-8(2)15-11(17)9-6-14-10(7-13-9)16-12(3,4)5/h6-8H,1-5H3,(H,14,16)(H,15,17). The fourth-order valence-corrected chi connectivity index (χ4v) is 1.23. The monoisotopic (exact) mass is 236 g/mol. The van der Waals surface area contributed by atoms with Gasteiger partial charge < -0.3 is 10.6 Å². The lowest BCUT2D eigenvalue weighted by molar-refractivity contribution is 0.0937. The van der Waals surface area contributed by atoms with E-state index in [1.165, 1.54) is 6.20 Å². The second kappa shape index (κ2) is 5.12. The van der Waals surface area contributed by atoms with Crippen molar-refractivity contribution < 1.29 is 4.79 Å². The third-order valence-corrected chi connectivity index (χ3v) is 1.81. The lowest BCUT2D eigenvalue weighted by Crippen LogP contribution is -2.31. The molecule has 94 valence electrons. The molecule has 0 unspecified atom stereocenters. The summed E-state index contributed by atoms with van der Waals surface area (Å²) in [6.45, 7) is 9.91. The Hall–Kier alpha value is -1.65. The molecule has 5 nitrogen and oxygen atoms in total. The number of carbonyl (C=O) groups is 1. The predicted octanol–water partition coefficient (Wildman–Crippen LogP) is 1.83. The molecule has 0 saturated carbocycles. The average Bonchev–Trinajstić information content (AvgIpc) is 2.15. The molecule has 0 aromatic carbocycles. The van der Waals surface area contributed by atoms with Crippen LogP contribution in [0.1, 0.15) is 45.1 Å². The van der Waals surface area contributed by atoms with Crippen molar-refractivity contribution in [2.45, 2.75) is 46.2 Å². The van der Waals surface area contributed by atoms with Gasteiger partial charge in [-0.15, -0.1) is 0 Å². The number of aromatic nitrogens is 2. The Kier molecular flexibility index (Phi) is 4.04. The van der Waals surface area contributed by atoms with Gasteiger partial charge in [0.05, 0.1) is 12.4 Å². The summed E-state index contributed by atoms with van der Waals surface area (Å²) in [7, 11) is 0. The van der Waals surface area contributed by atoms with Crippen molar-refractivity contribution in [3.63, 3.8) is 0 Å². The van der Waals surface area contributed by atoms with Gasteiger partial charge in [0.1, 0.15) is 11.5 Å². The van der Waals surface area contributed by atoms with Crippen molar-refractivity contribution in [1.29, 1.82) is 0 Å². The molecule has 1 rings (SSSR count). The molecule has 2 N–H and O–H groups in total. The number of carbonyl (C=O) groups excluding carboxylic acids is 1. The summed E-state index contributed by atoms with van der Waals surface area (Å²) in [5.74, 6) is 0.466. The summed E-state index contributed by atoms with van der Waals surface area (Å²) in [5, 5.41) is 5.95. The van der Waals surface area contributed by atoms with Gasteiger partial charge in [-0.3, -0.25) is 4.79 Å². The van der Waals surface area contributed by atoms with E-state index in [2.05, 4.69) is 20.6 Å². The Morgan fingerprint density at radius 1 is 1.24 bits per heavy atom. The molecule has 0 fully saturated rings. The molecular formula is C12H20N4O. The maximum Gasteiger partial charge on any atom is 0.271 e. The van der Waals surface area contributed by atoms with Crippen LogP contribution in [0.25, 0.3) is 0 Å². The predicted molar refractivity (Wildman–Crippen MR) is 68.0 cm³/mol. The molecule has 0 spiro atoms. The van der Waals surface area contributed by atoms with Gasteiger partial charge in [-0.2, -0.15) is 0 Å². The van der Waals surface area contributed by atoms with Crippen LogP contribution in [0, 0.1) is 0 Å². The van der Waals surface area contributed by atoms with Crippen LogP contribution in [-0.2, 0) is 0 Å². The fraction of sp³-hybridized carbons (Fsp3) is 0.583. The Labute approximate surface area is 102 Å². The highest BCUT2D eigenvalue weighted by atomic mass is 16.1. The number of hydrogen-bond donors (Lipinski definition) is 2. The van der Waals surface area contributed by atoms with Crippen LogP contribution in [0.5, 0.6) is 0 Å². The minimum absolute atomic E-state index is 0.0730. The molecule has 1 aromatic heterocycles. The maximum atomic E-state index is 11.6. The van der Waals surface area contributed by atoms with Crippen molar-refractivity contribution >= 4 is 11.7 Å². The number of amides is 1. The number of nitrogens with zero attached hydrogens (tertiary/aromatic N) is 2. The first-order valence-electron chi connectivity index (χ1n) is 5.69. The number of hydrogen-bond acceptors (Lipinski definition) is 4. The molecule has 0 saturated heterocycles. The van der Waals surface area contributed by atoms with E-state index in [-0.39, 0.29) is 17.5 Å². The summed E-state index contributed by atoms with van der Waals surface area (Å²) in [6, 6.07) is 0.0941. The minimum Gasteiger partial charge on any atom is -0.364 e. The van der Waals surface area contributed by atoms with Crippen molar-refractivity contribution in [2.24, 2.45) is 0 Å². The zero-order chi connectivity index (χ0) is 13.1. The van der Waals surface area contributed by atoms with E-state index < -0.39 is 0 Å². The molecule has 0 radical (unpaired) electrons. The highest BCUT2D eigenvalue weighted by molar-refractivity contribution is 5.92. The van der Waals surface area contributed by atoms with Crippen LogP contribution < -0.4 is 10.6 Å². The Bertz CT molecular complexity index is 378. The summed E-state index contributed by atoms with van der Waals surface area (Å²) in [6.07, 6.45) is 3.05. The quantitative estimate of drug-likeness (QED) is 0.840. The van der Waals surface area contributed by atoms with Gasteiger partial charge in [-0.25, -0.2) is 9.97 Å². The summed E-state index contributed by atoms with van der Waals surface area (Å²) in [4.78, 5) is 19.9. The second-order valence-electron chi connectivity index (χ2n) is 5.29. The van der Waals surface area contributed by atoms with Crippen LogP contribution in [0.15, 0.2) is 12.4 Å². The zero-order valence-corrected chi connectivity index (χ0v) is 11.0. The number of rotatable bonds is 3. The van der Waals surface area contributed by atoms with E-state index in [1.54, 1.807) is 6.20 Å². The lowest BCUT2D eigenvalue weighted by atomic mass is 10.1. The van der Waals surface area contributed by atoms with Crippen LogP contribution in [0.2, 0.25) is 0 Å². The number of nitrogens with one attached hydrogen (secondary N) is 2. The van der Waals surface area contributed by atoms with E-state index in [0.717, 1.165) is 0 Å². The first kappa shape index (κ1) is 13.4. The van der Waals surface area contributed by atoms with E-state index in [4.69, 9.17) is 0 Å². The fourth-order valence-electron chi connectivity index (χ4n) is 1.23. The Balaban J connectivity index is 2.71. The smallest absolute Gasteiger partial charge is 0.271 e. The molecule has 1 aromatic rings. The zero-order valence-electron chi connectivity index (χ0n) is 11.0. The van der Waals surface area contributed by atoms with Crippen molar-refractivity contribution in [3.8, 4) is 0 Å². The van der Waals surface area contributed by atoms with Crippen LogP contribution in [0.3, 0.4) is 0 Å². The maximum absolute atomic E-state index is 11.6. The molecule has 0 bridgehead atoms. The average molecular weight is 236 g/mol. The van der Waals surface area contributed by atoms with E-state index in [9.17, 15) is 4.79 Å². The van der Waals surface area contributed by atoms with E-state index >= 15 is 0 Å². The number of anilines is 1. The van der Waals surface area contributed by atoms with Gasteiger partial charge in [-0.1, -0.05) is 0 Å².